The third kappa shape index (κ3) is 2.96. The second kappa shape index (κ2) is 4.67. The van der Waals surface area contributed by atoms with E-state index in [1.165, 1.54) is 37.1 Å². The summed E-state index contributed by atoms with van der Waals surface area (Å²) in [5.41, 5.74) is 8.07. The van der Waals surface area contributed by atoms with Crippen LogP contribution in [0.1, 0.15) is 24.8 Å². The first kappa shape index (κ1) is 10.5. The molecule has 2 heteroatoms. The van der Waals surface area contributed by atoms with Crippen molar-refractivity contribution in [1.82, 2.24) is 0 Å². The van der Waals surface area contributed by atoms with Crippen LogP contribution in [0.25, 0.3) is 0 Å². The van der Waals surface area contributed by atoms with Crippen molar-refractivity contribution in [1.29, 1.82) is 0 Å². The van der Waals surface area contributed by atoms with Gasteiger partial charge in [0.1, 0.15) is 0 Å². The molecule has 0 bridgehead atoms. The van der Waals surface area contributed by atoms with Gasteiger partial charge in [-0.25, -0.2) is 0 Å². The van der Waals surface area contributed by atoms with Crippen LogP contribution in [-0.4, -0.2) is 13.6 Å². The molecule has 1 aliphatic carbocycles. The Bertz CT molecular complexity index is 301. The van der Waals surface area contributed by atoms with Gasteiger partial charge in [-0.2, -0.15) is 0 Å². The fraction of sp³-hybridized carbons (Fsp3) is 0.538. The molecule has 0 heterocycles. The van der Waals surface area contributed by atoms with Crippen LogP contribution in [-0.2, 0) is 6.54 Å². The molecule has 15 heavy (non-hydrogen) atoms. The lowest BCUT2D eigenvalue weighted by molar-refractivity contribution is 0.711. The first-order valence-electron chi connectivity index (χ1n) is 5.79. The van der Waals surface area contributed by atoms with E-state index in [1.807, 2.05) is 0 Å². The van der Waals surface area contributed by atoms with Crippen molar-refractivity contribution in [2.24, 2.45) is 11.7 Å². The summed E-state index contributed by atoms with van der Waals surface area (Å²) < 4.78 is 0. The number of hydrogen-bond acceptors (Lipinski definition) is 2. The third-order valence-electron chi connectivity index (χ3n) is 3.18. The lowest BCUT2D eigenvalue weighted by Gasteiger charge is -2.19. The maximum absolute atomic E-state index is 5.57. The van der Waals surface area contributed by atoms with Crippen LogP contribution in [0.3, 0.4) is 0 Å². The second-order valence-electron chi connectivity index (χ2n) is 4.52. The fourth-order valence-electron chi connectivity index (χ4n) is 1.80. The fourth-order valence-corrected chi connectivity index (χ4v) is 1.80. The van der Waals surface area contributed by atoms with Crippen LogP contribution in [0.15, 0.2) is 24.3 Å². The molecule has 1 fully saturated rings. The molecule has 0 saturated heterocycles. The van der Waals surface area contributed by atoms with Crippen LogP contribution in [0.4, 0.5) is 5.69 Å². The minimum atomic E-state index is 0.631. The van der Waals surface area contributed by atoms with Gasteiger partial charge in [0.25, 0.3) is 0 Å². The van der Waals surface area contributed by atoms with Crippen LogP contribution in [0.2, 0.25) is 0 Å². The molecule has 82 valence electrons. The monoisotopic (exact) mass is 204 g/mol. The molecular formula is C13H20N2. The smallest absolute Gasteiger partial charge is 0.0363 e. The number of benzene rings is 1. The van der Waals surface area contributed by atoms with E-state index >= 15 is 0 Å². The molecule has 1 aromatic carbocycles. The van der Waals surface area contributed by atoms with Crippen LogP contribution in [0.5, 0.6) is 0 Å². The summed E-state index contributed by atoms with van der Waals surface area (Å²) >= 11 is 0. The van der Waals surface area contributed by atoms with Gasteiger partial charge in [-0.05, 0) is 30.0 Å². The molecule has 0 amide bonds. The standard InChI is InChI=1S/C13H20N2/c1-15(9-8-11-2-3-11)13-6-4-12(10-14)5-7-13/h4-7,11H,2-3,8-10,14H2,1H3. The predicted molar refractivity (Wildman–Crippen MR) is 64.9 cm³/mol. The number of anilines is 1. The Morgan fingerprint density at radius 2 is 1.93 bits per heavy atom. The summed E-state index contributed by atoms with van der Waals surface area (Å²) in [6.07, 6.45) is 4.23. The summed E-state index contributed by atoms with van der Waals surface area (Å²) in [5.74, 6) is 1.01. The predicted octanol–water partition coefficient (Wildman–Crippen LogP) is 2.38. The Labute approximate surface area is 92.1 Å². The Hall–Kier alpha value is -1.02. The molecule has 0 spiro atoms. The normalized spacial score (nSPS) is 15.3. The van der Waals surface area contributed by atoms with Crippen LogP contribution < -0.4 is 10.6 Å². The highest BCUT2D eigenvalue weighted by atomic mass is 15.1. The Morgan fingerprint density at radius 1 is 1.27 bits per heavy atom. The average molecular weight is 204 g/mol. The summed E-state index contributed by atoms with van der Waals surface area (Å²) in [4.78, 5) is 2.33. The largest absolute Gasteiger partial charge is 0.375 e. The van der Waals surface area contributed by atoms with Gasteiger partial charge < -0.3 is 10.6 Å². The van der Waals surface area contributed by atoms with Crippen LogP contribution in [0, 0.1) is 5.92 Å². The molecule has 2 N–H and O–H groups in total. The van der Waals surface area contributed by atoms with Crippen molar-refractivity contribution in [2.75, 3.05) is 18.5 Å². The minimum Gasteiger partial charge on any atom is -0.375 e. The SMILES string of the molecule is CN(CCC1CC1)c1ccc(CN)cc1. The Kier molecular flexibility index (Phi) is 3.27. The molecular weight excluding hydrogens is 184 g/mol. The maximum atomic E-state index is 5.57. The molecule has 1 aromatic rings. The molecule has 2 rings (SSSR count). The van der Waals surface area contributed by atoms with E-state index in [4.69, 9.17) is 5.73 Å². The van der Waals surface area contributed by atoms with Crippen molar-refractivity contribution in [3.05, 3.63) is 29.8 Å². The van der Waals surface area contributed by atoms with Gasteiger partial charge in [-0.3, -0.25) is 0 Å². The van der Waals surface area contributed by atoms with Crippen molar-refractivity contribution in [3.8, 4) is 0 Å². The van der Waals surface area contributed by atoms with E-state index in [0.29, 0.717) is 6.54 Å². The maximum Gasteiger partial charge on any atom is 0.0363 e. The zero-order chi connectivity index (χ0) is 10.7. The van der Waals surface area contributed by atoms with Crippen molar-refractivity contribution < 1.29 is 0 Å². The third-order valence-corrected chi connectivity index (χ3v) is 3.18. The summed E-state index contributed by atoms with van der Waals surface area (Å²) in [7, 11) is 2.17. The Morgan fingerprint density at radius 3 is 2.47 bits per heavy atom. The zero-order valence-electron chi connectivity index (χ0n) is 9.45. The quantitative estimate of drug-likeness (QED) is 0.798. The second-order valence-corrected chi connectivity index (χ2v) is 4.52. The molecule has 0 unspecified atom stereocenters. The highest BCUT2D eigenvalue weighted by Gasteiger charge is 2.21. The zero-order valence-corrected chi connectivity index (χ0v) is 9.45. The van der Waals surface area contributed by atoms with Crippen molar-refractivity contribution >= 4 is 5.69 Å². The van der Waals surface area contributed by atoms with Crippen LogP contribution >= 0.6 is 0 Å². The van der Waals surface area contributed by atoms with E-state index in [1.54, 1.807) is 0 Å². The molecule has 0 aliphatic heterocycles. The molecule has 1 saturated carbocycles. The number of nitrogens with two attached hydrogens (primary N) is 1. The van der Waals surface area contributed by atoms with E-state index in [-0.39, 0.29) is 0 Å². The number of nitrogens with zero attached hydrogens (tertiary/aromatic N) is 1. The molecule has 0 aromatic heterocycles. The first-order valence-corrected chi connectivity index (χ1v) is 5.79. The first-order chi connectivity index (χ1) is 7.29. The number of hydrogen-bond donors (Lipinski definition) is 1. The topological polar surface area (TPSA) is 29.3 Å². The summed E-state index contributed by atoms with van der Waals surface area (Å²) in [6.45, 7) is 1.80. The lowest BCUT2D eigenvalue weighted by atomic mass is 10.2. The van der Waals surface area contributed by atoms with E-state index in [0.717, 1.165) is 5.92 Å². The highest BCUT2D eigenvalue weighted by Crippen LogP contribution is 2.32. The Balaban J connectivity index is 1.88. The minimum absolute atomic E-state index is 0.631. The molecule has 0 atom stereocenters. The van der Waals surface area contributed by atoms with Gasteiger partial charge >= 0.3 is 0 Å². The van der Waals surface area contributed by atoms with Gasteiger partial charge in [-0.1, -0.05) is 25.0 Å². The number of rotatable bonds is 5. The molecule has 1 aliphatic rings. The van der Waals surface area contributed by atoms with Crippen molar-refractivity contribution in [3.63, 3.8) is 0 Å². The van der Waals surface area contributed by atoms with Gasteiger partial charge in [0.15, 0.2) is 0 Å². The highest BCUT2D eigenvalue weighted by molar-refractivity contribution is 5.46. The average Bonchev–Trinajstić information content (AvgIpc) is 3.10. The summed E-state index contributed by atoms with van der Waals surface area (Å²) in [5, 5.41) is 0. The van der Waals surface area contributed by atoms with Gasteiger partial charge in [-0.15, -0.1) is 0 Å². The van der Waals surface area contributed by atoms with Gasteiger partial charge in [0.05, 0.1) is 0 Å². The van der Waals surface area contributed by atoms with E-state index < -0.39 is 0 Å². The summed E-state index contributed by atoms with van der Waals surface area (Å²) in [6, 6.07) is 8.55. The van der Waals surface area contributed by atoms with Crippen molar-refractivity contribution in [2.45, 2.75) is 25.8 Å². The van der Waals surface area contributed by atoms with Gasteiger partial charge in [0, 0.05) is 25.8 Å². The van der Waals surface area contributed by atoms with E-state index in [9.17, 15) is 0 Å². The van der Waals surface area contributed by atoms with E-state index in [2.05, 4.69) is 36.2 Å². The molecule has 0 radical (unpaired) electrons. The lowest BCUT2D eigenvalue weighted by Crippen LogP contribution is -2.18. The molecule has 2 nitrogen and oxygen atoms in total. The van der Waals surface area contributed by atoms with Gasteiger partial charge in [0.2, 0.25) is 0 Å².